The molecule has 0 spiro atoms. The fraction of sp³-hybridized carbons (Fsp3) is 0.462. The maximum absolute atomic E-state index is 4.49. The Hall–Kier alpha value is -0.930. The lowest BCUT2D eigenvalue weighted by Crippen LogP contribution is -2.31. The van der Waals surface area contributed by atoms with Gasteiger partial charge in [0.2, 0.25) is 0 Å². The second kappa shape index (κ2) is 4.15. The van der Waals surface area contributed by atoms with E-state index in [1.54, 1.807) is 11.3 Å². The standard InChI is InChI=1S/C13H16N2S/c1-9-5-6-11(14-7-9)10-3-2-4-12-13(10)15-8-16-12/h2-4,8-9,11,14H,5-7H2,1H3/t9-,11+/m0/s1. The first-order valence-electron chi connectivity index (χ1n) is 5.90. The molecule has 1 aliphatic heterocycles. The summed E-state index contributed by atoms with van der Waals surface area (Å²) in [5.74, 6) is 0.811. The highest BCUT2D eigenvalue weighted by Gasteiger charge is 2.20. The molecular weight excluding hydrogens is 216 g/mol. The molecule has 2 atom stereocenters. The van der Waals surface area contributed by atoms with Gasteiger partial charge in [-0.3, -0.25) is 0 Å². The molecule has 1 fully saturated rings. The zero-order valence-electron chi connectivity index (χ0n) is 9.44. The van der Waals surface area contributed by atoms with Crippen LogP contribution in [0.1, 0.15) is 31.4 Å². The fourth-order valence-electron chi connectivity index (χ4n) is 2.45. The summed E-state index contributed by atoms with van der Waals surface area (Å²) in [5, 5.41) is 3.63. The molecule has 1 aliphatic rings. The van der Waals surface area contributed by atoms with Gasteiger partial charge < -0.3 is 5.32 Å². The largest absolute Gasteiger partial charge is 0.310 e. The number of rotatable bonds is 1. The predicted octanol–water partition coefficient (Wildman–Crippen LogP) is 3.36. The van der Waals surface area contributed by atoms with Crippen molar-refractivity contribution in [3.8, 4) is 0 Å². The van der Waals surface area contributed by atoms with Gasteiger partial charge in [-0.25, -0.2) is 4.98 Å². The number of hydrogen-bond donors (Lipinski definition) is 1. The molecule has 2 nitrogen and oxygen atoms in total. The van der Waals surface area contributed by atoms with Crippen molar-refractivity contribution in [2.24, 2.45) is 5.92 Å². The molecule has 0 aliphatic carbocycles. The first kappa shape index (κ1) is 10.2. The lowest BCUT2D eigenvalue weighted by molar-refractivity contribution is 0.334. The van der Waals surface area contributed by atoms with E-state index in [0.29, 0.717) is 6.04 Å². The highest BCUT2D eigenvalue weighted by atomic mass is 32.1. The van der Waals surface area contributed by atoms with Gasteiger partial charge in [-0.1, -0.05) is 19.1 Å². The summed E-state index contributed by atoms with van der Waals surface area (Å²) in [6.45, 7) is 3.44. The van der Waals surface area contributed by atoms with Crippen molar-refractivity contribution >= 4 is 21.6 Å². The average molecular weight is 232 g/mol. The van der Waals surface area contributed by atoms with Gasteiger partial charge in [-0.15, -0.1) is 11.3 Å². The van der Waals surface area contributed by atoms with Crippen LogP contribution in [-0.4, -0.2) is 11.5 Å². The fourth-order valence-corrected chi connectivity index (χ4v) is 3.16. The number of para-hydroxylation sites is 1. The summed E-state index contributed by atoms with van der Waals surface area (Å²) in [4.78, 5) is 4.49. The Kier molecular flexibility index (Phi) is 2.65. The Morgan fingerprint density at radius 2 is 2.31 bits per heavy atom. The van der Waals surface area contributed by atoms with Gasteiger partial charge in [-0.05, 0) is 36.9 Å². The number of piperidine rings is 1. The van der Waals surface area contributed by atoms with Gasteiger partial charge in [0.25, 0.3) is 0 Å². The molecule has 1 aromatic heterocycles. The van der Waals surface area contributed by atoms with Crippen molar-refractivity contribution < 1.29 is 0 Å². The van der Waals surface area contributed by atoms with Gasteiger partial charge in [0.1, 0.15) is 0 Å². The molecule has 16 heavy (non-hydrogen) atoms. The molecule has 0 unspecified atom stereocenters. The summed E-state index contributed by atoms with van der Waals surface area (Å²) < 4.78 is 1.30. The van der Waals surface area contributed by atoms with E-state index in [0.717, 1.165) is 12.5 Å². The number of benzene rings is 1. The van der Waals surface area contributed by atoms with Crippen molar-refractivity contribution in [3.63, 3.8) is 0 Å². The normalized spacial score (nSPS) is 26.1. The summed E-state index contributed by atoms with van der Waals surface area (Å²) in [6, 6.07) is 7.02. The van der Waals surface area contributed by atoms with E-state index >= 15 is 0 Å². The zero-order chi connectivity index (χ0) is 11.0. The Morgan fingerprint density at radius 3 is 3.12 bits per heavy atom. The Bertz CT molecular complexity index is 483. The topological polar surface area (TPSA) is 24.9 Å². The van der Waals surface area contributed by atoms with Gasteiger partial charge in [0, 0.05) is 6.04 Å². The molecule has 3 rings (SSSR count). The number of nitrogens with one attached hydrogen (secondary N) is 1. The maximum Gasteiger partial charge on any atom is 0.0859 e. The van der Waals surface area contributed by atoms with Crippen molar-refractivity contribution in [3.05, 3.63) is 29.3 Å². The third kappa shape index (κ3) is 1.74. The lowest BCUT2D eigenvalue weighted by Gasteiger charge is -2.28. The van der Waals surface area contributed by atoms with Crippen LogP contribution in [0.5, 0.6) is 0 Å². The van der Waals surface area contributed by atoms with E-state index in [1.165, 1.54) is 28.6 Å². The Labute approximate surface area is 99.7 Å². The van der Waals surface area contributed by atoms with E-state index in [4.69, 9.17) is 0 Å². The first-order chi connectivity index (χ1) is 7.84. The molecule has 0 amide bonds. The van der Waals surface area contributed by atoms with E-state index in [1.807, 2.05) is 5.51 Å². The minimum absolute atomic E-state index is 0.502. The van der Waals surface area contributed by atoms with E-state index in [-0.39, 0.29) is 0 Å². The van der Waals surface area contributed by atoms with Gasteiger partial charge >= 0.3 is 0 Å². The summed E-state index contributed by atoms with van der Waals surface area (Å²) >= 11 is 1.73. The Morgan fingerprint density at radius 1 is 1.38 bits per heavy atom. The van der Waals surface area contributed by atoms with Crippen LogP contribution in [-0.2, 0) is 0 Å². The van der Waals surface area contributed by atoms with Crippen LogP contribution in [0.15, 0.2) is 23.7 Å². The van der Waals surface area contributed by atoms with E-state index < -0.39 is 0 Å². The maximum atomic E-state index is 4.49. The van der Waals surface area contributed by atoms with Crippen LogP contribution in [0.25, 0.3) is 10.2 Å². The molecule has 0 radical (unpaired) electrons. The molecule has 1 aromatic carbocycles. The van der Waals surface area contributed by atoms with Crippen LogP contribution in [0, 0.1) is 5.92 Å². The average Bonchev–Trinajstić information content (AvgIpc) is 2.78. The van der Waals surface area contributed by atoms with Crippen LogP contribution in [0.2, 0.25) is 0 Å². The molecule has 1 saturated heterocycles. The van der Waals surface area contributed by atoms with Crippen LogP contribution in [0.3, 0.4) is 0 Å². The number of fused-ring (bicyclic) bond motifs is 1. The molecule has 84 valence electrons. The minimum atomic E-state index is 0.502. The van der Waals surface area contributed by atoms with Crippen molar-refractivity contribution in [1.29, 1.82) is 0 Å². The van der Waals surface area contributed by atoms with Crippen molar-refractivity contribution in [2.75, 3.05) is 6.54 Å². The van der Waals surface area contributed by atoms with Crippen LogP contribution in [0.4, 0.5) is 0 Å². The first-order valence-corrected chi connectivity index (χ1v) is 6.78. The van der Waals surface area contributed by atoms with E-state index in [9.17, 15) is 0 Å². The summed E-state index contributed by atoms with van der Waals surface area (Å²) in [6.07, 6.45) is 2.55. The van der Waals surface area contributed by atoms with E-state index in [2.05, 4.69) is 35.4 Å². The number of aromatic nitrogens is 1. The Balaban J connectivity index is 1.96. The SMILES string of the molecule is C[C@H]1CC[C@H](c2cccc3scnc23)NC1. The highest BCUT2D eigenvalue weighted by molar-refractivity contribution is 7.16. The molecule has 3 heteroatoms. The van der Waals surface area contributed by atoms with Gasteiger partial charge in [0.05, 0.1) is 15.7 Å². The summed E-state index contributed by atoms with van der Waals surface area (Å²) in [5.41, 5.74) is 4.52. The molecule has 0 bridgehead atoms. The van der Waals surface area contributed by atoms with Crippen LogP contribution >= 0.6 is 11.3 Å². The molecule has 0 saturated carbocycles. The van der Waals surface area contributed by atoms with Gasteiger partial charge in [0.15, 0.2) is 0 Å². The minimum Gasteiger partial charge on any atom is -0.310 e. The monoisotopic (exact) mass is 232 g/mol. The number of nitrogens with zero attached hydrogens (tertiary/aromatic N) is 1. The zero-order valence-corrected chi connectivity index (χ0v) is 10.3. The van der Waals surface area contributed by atoms with Crippen LogP contribution < -0.4 is 5.32 Å². The lowest BCUT2D eigenvalue weighted by atomic mass is 9.92. The smallest absolute Gasteiger partial charge is 0.0859 e. The molecule has 2 aromatic rings. The number of thiazole rings is 1. The summed E-state index contributed by atoms with van der Waals surface area (Å²) in [7, 11) is 0. The second-order valence-corrected chi connectivity index (χ2v) is 5.58. The van der Waals surface area contributed by atoms with Crippen molar-refractivity contribution in [2.45, 2.75) is 25.8 Å². The molecule has 2 heterocycles. The third-order valence-corrected chi connectivity index (χ3v) is 4.22. The highest BCUT2D eigenvalue weighted by Crippen LogP contribution is 2.31. The second-order valence-electron chi connectivity index (χ2n) is 4.69. The molecule has 1 N–H and O–H groups in total. The number of hydrogen-bond acceptors (Lipinski definition) is 3. The third-order valence-electron chi connectivity index (χ3n) is 3.43. The van der Waals surface area contributed by atoms with Crippen molar-refractivity contribution in [1.82, 2.24) is 10.3 Å². The van der Waals surface area contributed by atoms with Gasteiger partial charge in [-0.2, -0.15) is 0 Å². The molecular formula is C13H16N2S. The quantitative estimate of drug-likeness (QED) is 0.815. The predicted molar refractivity (Wildman–Crippen MR) is 68.8 cm³/mol.